The van der Waals surface area contributed by atoms with Gasteiger partial charge < -0.3 is 50.1 Å². The van der Waals surface area contributed by atoms with Crippen molar-refractivity contribution in [2.75, 3.05) is 13.2 Å². The Morgan fingerprint density at radius 1 is 0.779 bits per heavy atom. The van der Waals surface area contributed by atoms with E-state index >= 15 is 0 Å². The van der Waals surface area contributed by atoms with E-state index in [1.54, 1.807) is 6.08 Å². The molecule has 2 bridgehead atoms. The number of allylic oxidation sites excluding steroid dienone is 10. The molecule has 17 heteroatoms. The molecule has 8 N–H and O–H groups in total. The van der Waals surface area contributed by atoms with Crippen molar-refractivity contribution in [2.45, 2.75) is 204 Å². The zero-order valence-electron chi connectivity index (χ0n) is 40.3. The molecule has 1 aliphatic carbocycles. The topological polar surface area (TPSA) is 267 Å². The maximum atomic E-state index is 13.6. The molecule has 0 aromatic heterocycles. The van der Waals surface area contributed by atoms with Crippen LogP contribution in [0.2, 0.25) is 0 Å². The summed E-state index contributed by atoms with van der Waals surface area (Å²) in [6.07, 6.45) is 17.7. The highest BCUT2D eigenvalue weighted by molar-refractivity contribution is 7.47. The molecule has 1 fully saturated rings. The van der Waals surface area contributed by atoms with Crippen molar-refractivity contribution in [3.8, 4) is 0 Å². The Hall–Kier alpha value is -3.12. The van der Waals surface area contributed by atoms with E-state index in [0.717, 1.165) is 57.8 Å². The lowest BCUT2D eigenvalue weighted by molar-refractivity contribution is -0.166. The molecular formula is C51H83O16P. The lowest BCUT2D eigenvalue weighted by Crippen LogP contribution is -2.55. The van der Waals surface area contributed by atoms with E-state index in [9.17, 15) is 59.6 Å². The number of phosphoric ester groups is 1. The first-order chi connectivity index (χ1) is 32.6. The van der Waals surface area contributed by atoms with Crippen molar-refractivity contribution < 1.29 is 78.1 Å². The average Bonchev–Trinajstić information content (AvgIpc) is 3.31. The normalized spacial score (nSPS) is 30.9. The molecule has 1 heterocycles. The molecule has 2 rings (SSSR count). The average molecular weight is 983 g/mol. The second kappa shape index (κ2) is 35.9. The molecule has 0 spiro atoms. The summed E-state index contributed by atoms with van der Waals surface area (Å²) in [5, 5.41) is 78.4. The number of fused-ring (bicyclic) bond motifs is 4. The van der Waals surface area contributed by atoms with Crippen LogP contribution in [0.25, 0.3) is 0 Å². The Morgan fingerprint density at radius 2 is 1.38 bits per heavy atom. The van der Waals surface area contributed by atoms with Gasteiger partial charge in [-0.3, -0.25) is 23.4 Å². The molecule has 0 aromatic rings. The molecule has 16 nitrogen and oxygen atoms in total. The second-order valence-electron chi connectivity index (χ2n) is 17.7. The Bertz CT molecular complexity index is 1640. The molecule has 12 atom stereocenters. The minimum absolute atomic E-state index is 0.0627. The van der Waals surface area contributed by atoms with Crippen molar-refractivity contribution >= 4 is 25.5 Å². The van der Waals surface area contributed by atoms with Crippen LogP contribution in [0, 0.1) is 11.8 Å². The molecule has 1 aliphatic heterocycles. The smallest absolute Gasteiger partial charge is 0.462 e. The van der Waals surface area contributed by atoms with Gasteiger partial charge in [0.2, 0.25) is 0 Å². The highest BCUT2D eigenvalue weighted by Crippen LogP contribution is 2.47. The van der Waals surface area contributed by atoms with Gasteiger partial charge >= 0.3 is 19.8 Å². The van der Waals surface area contributed by atoms with Crippen molar-refractivity contribution in [3.05, 3.63) is 72.9 Å². The first-order valence-corrected chi connectivity index (χ1v) is 26.3. The van der Waals surface area contributed by atoms with Crippen LogP contribution in [0.5, 0.6) is 0 Å². The van der Waals surface area contributed by atoms with E-state index in [4.69, 9.17) is 18.5 Å². The summed E-state index contributed by atoms with van der Waals surface area (Å²) in [4.78, 5) is 50.0. The number of cyclic esters (lactones) is 1. The van der Waals surface area contributed by atoms with Crippen LogP contribution < -0.4 is 0 Å². The van der Waals surface area contributed by atoms with Crippen LogP contribution in [0.1, 0.15) is 149 Å². The zero-order valence-corrected chi connectivity index (χ0v) is 41.2. The molecule has 0 radical (unpaired) electrons. The quantitative estimate of drug-likeness (QED) is 0.0212. The number of aliphatic hydroxyl groups excluding tert-OH is 7. The van der Waals surface area contributed by atoms with Crippen molar-refractivity contribution in [2.24, 2.45) is 11.8 Å². The molecule has 2 aliphatic rings. The monoisotopic (exact) mass is 983 g/mol. The number of carbonyl (C=O) groups excluding carboxylic acids is 3. The van der Waals surface area contributed by atoms with E-state index in [0.29, 0.717) is 25.7 Å². The third-order valence-electron chi connectivity index (χ3n) is 11.9. The third-order valence-corrected chi connectivity index (χ3v) is 12.9. The number of carbonyl (C=O) groups is 3. The maximum absolute atomic E-state index is 13.6. The molecule has 68 heavy (non-hydrogen) atoms. The number of hydrogen-bond acceptors (Lipinski definition) is 15. The van der Waals surface area contributed by atoms with Gasteiger partial charge in [-0.2, -0.15) is 0 Å². The fraction of sp³-hybridized carbons (Fsp3) is 0.706. The predicted molar refractivity (Wildman–Crippen MR) is 259 cm³/mol. The Kier molecular flexibility index (Phi) is 32.2. The maximum Gasteiger partial charge on any atom is 0.472 e. The lowest BCUT2D eigenvalue weighted by Gasteiger charge is -2.36. The van der Waals surface area contributed by atoms with Crippen LogP contribution >= 0.6 is 7.82 Å². The lowest BCUT2D eigenvalue weighted by atomic mass is 9.84. The third kappa shape index (κ3) is 25.7. The molecule has 1 saturated carbocycles. The summed E-state index contributed by atoms with van der Waals surface area (Å²) in [6, 6.07) is 0. The Morgan fingerprint density at radius 3 is 2.03 bits per heavy atom. The van der Waals surface area contributed by atoms with Gasteiger partial charge in [-0.05, 0) is 77.0 Å². The minimum atomic E-state index is -5.47. The SMILES string of the molecule is CCCCC/C=C\C/C=C\C/C=C\C/C=C\CCCCCC(=O)OC[C@@H]1COP(=O)(O)O[C@H]2[C@H](O)[C@@H](O)[C@H](O)[C@@H](C/C=C\CCCC(=O)O1)C(=O)C[C@@H](O)[C@H](/C=C/[C@@H](O)CCCCC)[C@@H](O)[C@H]2O. The number of phosphoric acid groups is 1. The summed E-state index contributed by atoms with van der Waals surface area (Å²) < 4.78 is 34.6. The molecular weight excluding hydrogens is 900 g/mol. The van der Waals surface area contributed by atoms with Crippen LogP contribution in [0.4, 0.5) is 0 Å². The van der Waals surface area contributed by atoms with Crippen molar-refractivity contribution in [1.82, 2.24) is 0 Å². The van der Waals surface area contributed by atoms with Gasteiger partial charge in [0, 0.05) is 31.1 Å². The van der Waals surface area contributed by atoms with Gasteiger partial charge in [-0.15, -0.1) is 0 Å². The van der Waals surface area contributed by atoms with Gasteiger partial charge in [0.05, 0.1) is 31.0 Å². The van der Waals surface area contributed by atoms with Gasteiger partial charge in [0.25, 0.3) is 0 Å². The van der Waals surface area contributed by atoms with E-state index in [1.165, 1.54) is 37.5 Å². The van der Waals surface area contributed by atoms with Crippen LogP contribution in [-0.2, 0) is 37.5 Å². The van der Waals surface area contributed by atoms with Gasteiger partial charge in [-0.25, -0.2) is 4.57 Å². The van der Waals surface area contributed by atoms with Gasteiger partial charge in [0.1, 0.15) is 36.8 Å². The molecule has 0 saturated heterocycles. The number of rotatable bonds is 24. The Balaban J connectivity index is 2.09. The number of ketones is 1. The fourth-order valence-corrected chi connectivity index (χ4v) is 8.71. The molecule has 0 aromatic carbocycles. The van der Waals surface area contributed by atoms with Crippen LogP contribution in [-0.4, -0.2) is 127 Å². The molecule has 1 unspecified atom stereocenters. The molecule has 388 valence electrons. The summed E-state index contributed by atoms with van der Waals surface area (Å²) in [5.41, 5.74) is 0. The summed E-state index contributed by atoms with van der Waals surface area (Å²) in [5.74, 6) is -5.12. The summed E-state index contributed by atoms with van der Waals surface area (Å²) in [7, 11) is -5.47. The largest absolute Gasteiger partial charge is 0.472 e. The van der Waals surface area contributed by atoms with E-state index in [2.05, 4.69) is 55.5 Å². The fourth-order valence-electron chi connectivity index (χ4n) is 7.74. The zero-order chi connectivity index (χ0) is 50.2. The summed E-state index contributed by atoms with van der Waals surface area (Å²) in [6.45, 7) is 2.74. The second-order valence-corrected chi connectivity index (χ2v) is 19.1. The highest BCUT2D eigenvalue weighted by Gasteiger charge is 2.49. The van der Waals surface area contributed by atoms with Crippen molar-refractivity contribution in [3.63, 3.8) is 0 Å². The molecule has 0 amide bonds. The standard InChI is InChI=1S/C51H83O16P/c1-3-5-7-8-9-10-11-12-13-14-15-16-17-18-19-20-21-22-27-31-44(55)64-36-39-37-65-68(62,63)67-51-49(60)47(58)41(34-33-38(52)29-25-6-4-2)43(54)35-42(53)40(46(57)48(59)50(51)61)30-26-23-24-28-32-45(56)66-39/h9-10,12-13,15-16,18-19,23,26,33-34,38-41,43,46-52,54,57-61H,3-8,11,14,17,20-22,24-25,27-32,35-37H2,1-2H3,(H,62,63)/b10-9-,13-12-,16-15-,19-18-,26-23-,34-33+/t38-,39+,40-,41-,43+,46+,47+,48-,49+,50+,51+/m0/s1. The number of ether oxygens (including phenoxy) is 2. The summed E-state index contributed by atoms with van der Waals surface area (Å²) >= 11 is 0. The Labute approximate surface area is 404 Å². The first kappa shape index (κ1) is 61.0. The van der Waals surface area contributed by atoms with Crippen molar-refractivity contribution in [1.29, 1.82) is 0 Å². The first-order valence-electron chi connectivity index (χ1n) is 24.8. The highest BCUT2D eigenvalue weighted by atomic mass is 31.2. The van der Waals surface area contributed by atoms with Crippen LogP contribution in [0.3, 0.4) is 0 Å². The number of unbranched alkanes of at least 4 members (excludes halogenated alkanes) is 8. The number of aliphatic hydroxyl groups is 7. The van der Waals surface area contributed by atoms with E-state index in [1.807, 2.05) is 6.92 Å². The predicted octanol–water partition coefficient (Wildman–Crippen LogP) is 6.87. The van der Waals surface area contributed by atoms with Gasteiger partial charge in [0.15, 0.2) is 6.10 Å². The van der Waals surface area contributed by atoms with Gasteiger partial charge in [-0.1, -0.05) is 125 Å². The van der Waals surface area contributed by atoms with Crippen LogP contribution in [0.15, 0.2) is 72.9 Å². The van der Waals surface area contributed by atoms with E-state index < -0.39 is 112 Å². The van der Waals surface area contributed by atoms with E-state index in [-0.39, 0.29) is 25.7 Å². The number of Topliss-reactive ketones (excluding diaryl/α,β-unsaturated/α-hetero) is 1. The number of hydrogen-bond donors (Lipinski definition) is 8. The number of esters is 2. The minimum Gasteiger partial charge on any atom is -0.462 e.